The van der Waals surface area contributed by atoms with Crippen molar-refractivity contribution in [2.24, 2.45) is 0 Å². The number of hydrogen-bond acceptors (Lipinski definition) is 7. The summed E-state index contributed by atoms with van der Waals surface area (Å²) in [5, 5.41) is 3.18. The normalized spacial score (nSPS) is 19.5. The quantitative estimate of drug-likeness (QED) is 0.754. The smallest absolute Gasteiger partial charge is 0.394 e. The minimum atomic E-state index is -0.522. The number of morpholine rings is 1. The molecule has 1 aliphatic heterocycles. The molecule has 7 heteroatoms. The number of carbonyl (C=O) groups is 1. The van der Waals surface area contributed by atoms with Crippen molar-refractivity contribution in [3.05, 3.63) is 12.0 Å². The lowest BCUT2D eigenvalue weighted by molar-refractivity contribution is -0.00598. The van der Waals surface area contributed by atoms with E-state index in [1.807, 2.05) is 0 Å². The maximum Gasteiger partial charge on any atom is 0.394 e. The van der Waals surface area contributed by atoms with Gasteiger partial charge in [0.1, 0.15) is 19.0 Å². The molecular formula is C11H16N2O5. The Balaban J connectivity index is 1.80. The Kier molecular flexibility index (Phi) is 4.54. The summed E-state index contributed by atoms with van der Waals surface area (Å²) in [5.41, 5.74) is 0.106. The van der Waals surface area contributed by atoms with Gasteiger partial charge >= 0.3 is 12.0 Å². The number of rotatable bonds is 5. The van der Waals surface area contributed by atoms with Crippen LogP contribution in [0.25, 0.3) is 0 Å². The molecule has 1 aromatic rings. The van der Waals surface area contributed by atoms with Gasteiger partial charge in [0.25, 0.3) is 0 Å². The van der Waals surface area contributed by atoms with E-state index in [9.17, 15) is 4.79 Å². The highest BCUT2D eigenvalue weighted by Gasteiger charge is 2.17. The molecule has 0 saturated carbocycles. The van der Waals surface area contributed by atoms with Crippen LogP contribution >= 0.6 is 0 Å². The van der Waals surface area contributed by atoms with Crippen LogP contribution in [-0.4, -0.2) is 50.0 Å². The Morgan fingerprint density at radius 2 is 2.56 bits per heavy atom. The number of nitrogens with zero attached hydrogens (tertiary/aromatic N) is 1. The molecule has 100 valence electrons. The van der Waals surface area contributed by atoms with Crippen LogP contribution in [-0.2, 0) is 9.47 Å². The van der Waals surface area contributed by atoms with Gasteiger partial charge < -0.3 is 23.9 Å². The first-order valence-electron chi connectivity index (χ1n) is 5.87. The number of carbonyl (C=O) groups excluding carboxylic acids is 1. The molecule has 0 aliphatic carbocycles. The van der Waals surface area contributed by atoms with E-state index < -0.39 is 5.97 Å². The number of oxazole rings is 1. The summed E-state index contributed by atoms with van der Waals surface area (Å²) in [5.74, 6) is -0.522. The van der Waals surface area contributed by atoms with E-state index in [1.54, 1.807) is 6.92 Å². The van der Waals surface area contributed by atoms with Crippen LogP contribution < -0.4 is 10.1 Å². The van der Waals surface area contributed by atoms with Crippen LogP contribution in [0, 0.1) is 0 Å². The summed E-state index contributed by atoms with van der Waals surface area (Å²) in [7, 11) is 0. The number of aromatic nitrogens is 1. The maximum atomic E-state index is 11.3. The second kappa shape index (κ2) is 6.36. The van der Waals surface area contributed by atoms with Gasteiger partial charge in [-0.3, -0.25) is 0 Å². The summed E-state index contributed by atoms with van der Waals surface area (Å²) in [6.45, 7) is 4.59. The maximum absolute atomic E-state index is 11.3. The Bertz CT molecular complexity index is 387. The molecule has 1 saturated heterocycles. The molecule has 7 nitrogen and oxygen atoms in total. The van der Waals surface area contributed by atoms with Gasteiger partial charge in [-0.1, -0.05) is 0 Å². The van der Waals surface area contributed by atoms with Gasteiger partial charge in [-0.2, -0.15) is 4.98 Å². The van der Waals surface area contributed by atoms with Gasteiger partial charge in [-0.25, -0.2) is 4.79 Å². The standard InChI is InChI=1S/C11H16N2O5/c1-2-15-10(14)9-7-18-11(13-9)17-6-8-5-12-3-4-16-8/h7-8,12H,2-6H2,1H3. The zero-order chi connectivity index (χ0) is 12.8. The van der Waals surface area contributed by atoms with Crippen LogP contribution in [0.15, 0.2) is 10.7 Å². The monoisotopic (exact) mass is 256 g/mol. The minimum Gasteiger partial charge on any atom is -0.461 e. The zero-order valence-corrected chi connectivity index (χ0v) is 10.2. The first-order valence-corrected chi connectivity index (χ1v) is 5.87. The number of nitrogens with one attached hydrogen (secondary N) is 1. The highest BCUT2D eigenvalue weighted by Crippen LogP contribution is 2.12. The average molecular weight is 256 g/mol. The third kappa shape index (κ3) is 3.44. The number of hydrogen-bond donors (Lipinski definition) is 1. The predicted molar refractivity (Wildman–Crippen MR) is 60.6 cm³/mol. The lowest BCUT2D eigenvalue weighted by Crippen LogP contribution is -2.41. The first kappa shape index (κ1) is 12.8. The van der Waals surface area contributed by atoms with Crippen molar-refractivity contribution in [3.8, 4) is 6.08 Å². The molecule has 0 spiro atoms. The Hall–Kier alpha value is -1.60. The highest BCUT2D eigenvalue weighted by molar-refractivity contribution is 5.86. The summed E-state index contributed by atoms with van der Waals surface area (Å²) in [6, 6.07) is 0. The Morgan fingerprint density at radius 3 is 3.28 bits per heavy atom. The van der Waals surface area contributed by atoms with Crippen molar-refractivity contribution >= 4 is 5.97 Å². The molecule has 2 rings (SSSR count). The zero-order valence-electron chi connectivity index (χ0n) is 10.2. The summed E-state index contributed by atoms with van der Waals surface area (Å²) >= 11 is 0. The molecule has 1 aromatic heterocycles. The molecule has 1 N–H and O–H groups in total. The van der Waals surface area contributed by atoms with Crippen LogP contribution in [0.5, 0.6) is 6.08 Å². The second-order valence-electron chi connectivity index (χ2n) is 3.73. The molecule has 1 unspecified atom stereocenters. The van der Waals surface area contributed by atoms with Gasteiger partial charge in [0.2, 0.25) is 0 Å². The van der Waals surface area contributed by atoms with Crippen molar-refractivity contribution < 1.29 is 23.4 Å². The molecule has 2 heterocycles. The molecule has 0 bridgehead atoms. The molecule has 0 amide bonds. The Labute approximate surface area is 104 Å². The lowest BCUT2D eigenvalue weighted by Gasteiger charge is -2.22. The van der Waals surface area contributed by atoms with E-state index in [1.165, 1.54) is 6.26 Å². The molecule has 0 radical (unpaired) electrons. The van der Waals surface area contributed by atoms with Crippen molar-refractivity contribution in [2.75, 3.05) is 32.9 Å². The van der Waals surface area contributed by atoms with Crippen LogP contribution in [0.4, 0.5) is 0 Å². The van der Waals surface area contributed by atoms with E-state index in [0.717, 1.165) is 13.1 Å². The molecule has 1 atom stereocenters. The van der Waals surface area contributed by atoms with Gasteiger partial charge in [-0.05, 0) is 6.92 Å². The SMILES string of the molecule is CCOC(=O)c1coc(OCC2CNCCO2)n1. The second-order valence-corrected chi connectivity index (χ2v) is 3.73. The van der Waals surface area contributed by atoms with Crippen LogP contribution in [0.3, 0.4) is 0 Å². The van der Waals surface area contributed by atoms with Crippen LogP contribution in [0.2, 0.25) is 0 Å². The predicted octanol–water partition coefficient (Wildman–Crippen LogP) is 0.218. The summed E-state index contributed by atoms with van der Waals surface area (Å²) in [4.78, 5) is 15.2. The molecule has 18 heavy (non-hydrogen) atoms. The van der Waals surface area contributed by atoms with E-state index in [0.29, 0.717) is 19.8 Å². The fourth-order valence-electron chi connectivity index (χ4n) is 1.51. The van der Waals surface area contributed by atoms with Crippen molar-refractivity contribution in [1.82, 2.24) is 10.3 Å². The lowest BCUT2D eigenvalue weighted by atomic mass is 10.3. The van der Waals surface area contributed by atoms with Gasteiger partial charge in [0.05, 0.1) is 13.2 Å². The largest absolute Gasteiger partial charge is 0.461 e. The molecule has 1 aliphatic rings. The fourth-order valence-corrected chi connectivity index (χ4v) is 1.51. The van der Waals surface area contributed by atoms with E-state index in [-0.39, 0.29) is 17.9 Å². The van der Waals surface area contributed by atoms with E-state index in [4.69, 9.17) is 18.6 Å². The minimum absolute atomic E-state index is 0.0308. The third-order valence-electron chi connectivity index (χ3n) is 2.36. The van der Waals surface area contributed by atoms with E-state index >= 15 is 0 Å². The third-order valence-corrected chi connectivity index (χ3v) is 2.36. The molecular weight excluding hydrogens is 240 g/mol. The number of esters is 1. The van der Waals surface area contributed by atoms with Gasteiger partial charge in [0, 0.05) is 13.1 Å². The first-order chi connectivity index (χ1) is 8.79. The summed E-state index contributed by atoms with van der Waals surface area (Å²) in [6.07, 6.45) is 1.23. The summed E-state index contributed by atoms with van der Waals surface area (Å²) < 4.78 is 20.5. The fraction of sp³-hybridized carbons (Fsp3) is 0.636. The van der Waals surface area contributed by atoms with Crippen molar-refractivity contribution in [1.29, 1.82) is 0 Å². The molecule has 0 aromatic carbocycles. The Morgan fingerprint density at radius 1 is 1.67 bits per heavy atom. The van der Waals surface area contributed by atoms with Crippen molar-refractivity contribution in [3.63, 3.8) is 0 Å². The average Bonchev–Trinajstić information content (AvgIpc) is 2.87. The van der Waals surface area contributed by atoms with E-state index in [2.05, 4.69) is 10.3 Å². The topological polar surface area (TPSA) is 82.8 Å². The van der Waals surface area contributed by atoms with Crippen LogP contribution in [0.1, 0.15) is 17.4 Å². The van der Waals surface area contributed by atoms with Gasteiger partial charge in [-0.15, -0.1) is 0 Å². The number of ether oxygens (including phenoxy) is 3. The van der Waals surface area contributed by atoms with Crippen molar-refractivity contribution in [2.45, 2.75) is 13.0 Å². The van der Waals surface area contributed by atoms with Gasteiger partial charge in [0.15, 0.2) is 5.69 Å². The highest BCUT2D eigenvalue weighted by atomic mass is 16.6. The molecule has 1 fully saturated rings.